The first kappa shape index (κ1) is 25.1. The zero-order valence-electron chi connectivity index (χ0n) is 20.6. The van der Waals surface area contributed by atoms with E-state index in [9.17, 15) is 13.2 Å². The highest BCUT2D eigenvalue weighted by molar-refractivity contribution is 7.89. The predicted molar refractivity (Wildman–Crippen MR) is 139 cm³/mol. The van der Waals surface area contributed by atoms with Crippen LogP contribution in [-0.2, 0) is 27.8 Å². The Morgan fingerprint density at radius 3 is 2.11 bits per heavy atom. The lowest BCUT2D eigenvalue weighted by atomic mass is 9.90. The molecular formula is C29H34N2O3S. The van der Waals surface area contributed by atoms with Gasteiger partial charge in [0.25, 0.3) is 0 Å². The van der Waals surface area contributed by atoms with Gasteiger partial charge < -0.3 is 4.90 Å². The van der Waals surface area contributed by atoms with Crippen LogP contribution < -0.4 is 0 Å². The van der Waals surface area contributed by atoms with Gasteiger partial charge in [-0.1, -0.05) is 72.8 Å². The Morgan fingerprint density at radius 1 is 0.886 bits per heavy atom. The number of hydrogen-bond acceptors (Lipinski definition) is 3. The molecule has 0 atom stereocenters. The third-order valence-electron chi connectivity index (χ3n) is 6.81. The zero-order valence-corrected chi connectivity index (χ0v) is 21.4. The summed E-state index contributed by atoms with van der Waals surface area (Å²) in [5, 5.41) is 0. The lowest BCUT2D eigenvalue weighted by Gasteiger charge is -2.33. The SMILES string of the molecule is Cc1ccc(C)c(S(=O)(=O)N(CC(=O)N2CCC(Cc3ccccc3)CC2)Cc2ccccc2)c1. The normalized spacial score (nSPS) is 14.9. The Kier molecular flexibility index (Phi) is 8.04. The zero-order chi connectivity index (χ0) is 24.8. The fourth-order valence-corrected chi connectivity index (χ4v) is 6.41. The van der Waals surface area contributed by atoms with Crippen molar-refractivity contribution in [3.63, 3.8) is 0 Å². The summed E-state index contributed by atoms with van der Waals surface area (Å²) in [5.74, 6) is 0.411. The topological polar surface area (TPSA) is 57.7 Å². The molecule has 0 saturated carbocycles. The number of aryl methyl sites for hydroxylation is 2. The van der Waals surface area contributed by atoms with E-state index in [2.05, 4.69) is 24.3 Å². The molecule has 5 nitrogen and oxygen atoms in total. The Bertz CT molecular complexity index is 1240. The van der Waals surface area contributed by atoms with E-state index >= 15 is 0 Å². The van der Waals surface area contributed by atoms with Gasteiger partial charge in [0.05, 0.1) is 11.4 Å². The average Bonchev–Trinajstić information content (AvgIpc) is 2.86. The summed E-state index contributed by atoms with van der Waals surface area (Å²) in [4.78, 5) is 15.4. The maximum Gasteiger partial charge on any atom is 0.244 e. The standard InChI is InChI=1S/C29H34N2O3S/c1-23-13-14-24(2)28(19-23)35(33,34)31(21-27-11-7-4-8-12-27)22-29(32)30-17-15-26(16-18-30)20-25-9-5-3-6-10-25/h3-14,19,26H,15-18,20-22H2,1-2H3. The van der Waals surface area contributed by atoms with Gasteiger partial charge in [-0.25, -0.2) is 8.42 Å². The van der Waals surface area contributed by atoms with E-state index in [1.165, 1.54) is 9.87 Å². The van der Waals surface area contributed by atoms with Gasteiger partial charge in [-0.2, -0.15) is 4.31 Å². The molecule has 3 aromatic carbocycles. The molecule has 1 aliphatic heterocycles. The minimum Gasteiger partial charge on any atom is -0.342 e. The molecular weight excluding hydrogens is 456 g/mol. The highest BCUT2D eigenvalue weighted by Gasteiger charge is 2.31. The van der Waals surface area contributed by atoms with Crippen molar-refractivity contribution in [2.45, 2.75) is 44.6 Å². The predicted octanol–water partition coefficient (Wildman–Crippen LogP) is 4.98. The summed E-state index contributed by atoms with van der Waals surface area (Å²) >= 11 is 0. The van der Waals surface area contributed by atoms with Gasteiger partial charge >= 0.3 is 0 Å². The molecule has 0 aliphatic carbocycles. The van der Waals surface area contributed by atoms with E-state index in [0.29, 0.717) is 24.6 Å². The van der Waals surface area contributed by atoms with Gasteiger partial charge in [-0.15, -0.1) is 0 Å². The molecule has 4 rings (SSSR count). The monoisotopic (exact) mass is 490 g/mol. The fourth-order valence-electron chi connectivity index (χ4n) is 4.72. The second kappa shape index (κ2) is 11.2. The van der Waals surface area contributed by atoms with Crippen LogP contribution >= 0.6 is 0 Å². The van der Waals surface area contributed by atoms with Gasteiger partial charge in [-0.05, 0) is 67.3 Å². The number of carbonyl (C=O) groups is 1. The highest BCUT2D eigenvalue weighted by atomic mass is 32.2. The number of sulfonamides is 1. The molecule has 1 heterocycles. The number of rotatable bonds is 8. The van der Waals surface area contributed by atoms with E-state index in [1.54, 1.807) is 13.0 Å². The van der Waals surface area contributed by atoms with E-state index in [1.807, 2.05) is 60.4 Å². The largest absolute Gasteiger partial charge is 0.342 e. The van der Waals surface area contributed by atoms with Crippen LogP contribution in [-0.4, -0.2) is 43.2 Å². The van der Waals surface area contributed by atoms with Crippen molar-refractivity contribution < 1.29 is 13.2 Å². The number of piperidine rings is 1. The molecule has 1 fully saturated rings. The van der Waals surface area contributed by atoms with Crippen LogP contribution in [0.4, 0.5) is 0 Å². The first-order valence-corrected chi connectivity index (χ1v) is 13.7. The fraction of sp³-hybridized carbons (Fsp3) is 0.345. The highest BCUT2D eigenvalue weighted by Crippen LogP contribution is 2.25. The summed E-state index contributed by atoms with van der Waals surface area (Å²) in [6.07, 6.45) is 2.89. The van der Waals surface area contributed by atoms with E-state index in [4.69, 9.17) is 0 Å². The van der Waals surface area contributed by atoms with Crippen LogP contribution in [0.2, 0.25) is 0 Å². The smallest absolute Gasteiger partial charge is 0.244 e. The lowest BCUT2D eigenvalue weighted by molar-refractivity contribution is -0.132. The second-order valence-corrected chi connectivity index (χ2v) is 11.4. The Morgan fingerprint density at radius 2 is 1.49 bits per heavy atom. The minimum atomic E-state index is -3.85. The summed E-state index contributed by atoms with van der Waals surface area (Å²) in [6, 6.07) is 25.3. The quantitative estimate of drug-likeness (QED) is 0.448. The van der Waals surface area contributed by atoms with Crippen LogP contribution in [0.5, 0.6) is 0 Å². The van der Waals surface area contributed by atoms with Crippen LogP contribution in [0.3, 0.4) is 0 Å². The van der Waals surface area contributed by atoms with Crippen LogP contribution in [0.1, 0.15) is 35.1 Å². The molecule has 0 spiro atoms. The van der Waals surface area contributed by atoms with Crippen molar-refractivity contribution in [3.05, 3.63) is 101 Å². The van der Waals surface area contributed by atoms with Gasteiger partial charge in [0.1, 0.15) is 0 Å². The van der Waals surface area contributed by atoms with E-state index < -0.39 is 10.0 Å². The number of nitrogens with zero attached hydrogens (tertiary/aromatic N) is 2. The van der Waals surface area contributed by atoms with Crippen molar-refractivity contribution in [2.75, 3.05) is 19.6 Å². The van der Waals surface area contributed by atoms with Crippen molar-refractivity contribution in [1.82, 2.24) is 9.21 Å². The summed E-state index contributed by atoms with van der Waals surface area (Å²) < 4.78 is 28.8. The van der Waals surface area contributed by atoms with Gasteiger partial charge in [0.2, 0.25) is 15.9 Å². The summed E-state index contributed by atoms with van der Waals surface area (Å²) in [6.45, 7) is 5.01. The van der Waals surface area contributed by atoms with Crippen molar-refractivity contribution in [1.29, 1.82) is 0 Å². The second-order valence-electron chi connectivity index (χ2n) is 9.54. The van der Waals surface area contributed by atoms with E-state index in [0.717, 1.165) is 30.4 Å². The van der Waals surface area contributed by atoms with Crippen LogP contribution in [0, 0.1) is 19.8 Å². The number of hydrogen-bond donors (Lipinski definition) is 0. The van der Waals surface area contributed by atoms with Crippen LogP contribution in [0.15, 0.2) is 83.8 Å². The molecule has 1 amide bonds. The molecule has 3 aromatic rings. The van der Waals surface area contributed by atoms with E-state index in [-0.39, 0.29) is 23.9 Å². The van der Waals surface area contributed by atoms with Crippen LogP contribution in [0.25, 0.3) is 0 Å². The number of benzene rings is 3. The van der Waals surface area contributed by atoms with Crippen molar-refractivity contribution >= 4 is 15.9 Å². The molecule has 1 aliphatic rings. The summed E-state index contributed by atoms with van der Waals surface area (Å²) in [5.41, 5.74) is 3.74. The molecule has 0 aromatic heterocycles. The van der Waals surface area contributed by atoms with Gasteiger partial charge in [0, 0.05) is 19.6 Å². The molecule has 0 radical (unpaired) electrons. The third kappa shape index (κ3) is 6.38. The molecule has 35 heavy (non-hydrogen) atoms. The minimum absolute atomic E-state index is 0.132. The van der Waals surface area contributed by atoms with Crippen molar-refractivity contribution in [3.8, 4) is 0 Å². The molecule has 1 saturated heterocycles. The average molecular weight is 491 g/mol. The maximum atomic E-state index is 13.7. The maximum absolute atomic E-state index is 13.7. The Balaban J connectivity index is 1.48. The first-order chi connectivity index (χ1) is 16.8. The summed E-state index contributed by atoms with van der Waals surface area (Å²) in [7, 11) is -3.85. The number of amides is 1. The Hall–Kier alpha value is -2.96. The third-order valence-corrected chi connectivity index (χ3v) is 8.74. The van der Waals surface area contributed by atoms with Gasteiger partial charge in [-0.3, -0.25) is 4.79 Å². The lowest BCUT2D eigenvalue weighted by Crippen LogP contribution is -2.45. The number of carbonyl (C=O) groups excluding carboxylic acids is 1. The Labute approximate surface area is 209 Å². The number of likely N-dealkylation sites (tertiary alicyclic amines) is 1. The van der Waals surface area contributed by atoms with Crippen molar-refractivity contribution in [2.24, 2.45) is 5.92 Å². The molecule has 6 heteroatoms. The van der Waals surface area contributed by atoms with Gasteiger partial charge in [0.15, 0.2) is 0 Å². The molecule has 0 unspecified atom stereocenters. The molecule has 0 N–H and O–H groups in total. The molecule has 184 valence electrons. The first-order valence-electron chi connectivity index (χ1n) is 12.3. The molecule has 0 bridgehead atoms.